The van der Waals surface area contributed by atoms with Gasteiger partial charge in [0.25, 0.3) is 0 Å². The Labute approximate surface area is 99.0 Å². The van der Waals surface area contributed by atoms with Crippen molar-refractivity contribution >= 4 is 11.9 Å². The van der Waals surface area contributed by atoms with Gasteiger partial charge in [0.05, 0.1) is 18.8 Å². The molecule has 0 aliphatic carbocycles. The quantitative estimate of drug-likeness (QED) is 0.684. The monoisotopic (exact) mass is 240 g/mol. The number of imide groups is 1. The number of urea groups is 1. The predicted molar refractivity (Wildman–Crippen MR) is 60.1 cm³/mol. The summed E-state index contributed by atoms with van der Waals surface area (Å²) >= 11 is 0. The van der Waals surface area contributed by atoms with Crippen LogP contribution in [0.1, 0.15) is 18.6 Å². The molecule has 1 rings (SSSR count). The molecule has 17 heavy (non-hydrogen) atoms. The van der Waals surface area contributed by atoms with Crippen molar-refractivity contribution in [1.29, 1.82) is 0 Å². The van der Waals surface area contributed by atoms with Gasteiger partial charge in [0, 0.05) is 7.05 Å². The van der Waals surface area contributed by atoms with Crippen LogP contribution in [0.2, 0.25) is 0 Å². The fourth-order valence-corrected chi connectivity index (χ4v) is 1.10. The van der Waals surface area contributed by atoms with Gasteiger partial charge in [0.15, 0.2) is 0 Å². The zero-order chi connectivity index (χ0) is 12.8. The Bertz CT molecular complexity index is 402. The number of rotatable bonds is 4. The van der Waals surface area contributed by atoms with E-state index in [1.54, 1.807) is 20.0 Å². The topological polar surface area (TPSA) is 96.3 Å². The van der Waals surface area contributed by atoms with Gasteiger partial charge in [-0.3, -0.25) is 15.4 Å². The highest BCUT2D eigenvalue weighted by atomic mass is 16.4. The van der Waals surface area contributed by atoms with Gasteiger partial charge in [0.2, 0.25) is 11.8 Å². The van der Waals surface area contributed by atoms with Crippen LogP contribution in [0.3, 0.4) is 0 Å². The summed E-state index contributed by atoms with van der Waals surface area (Å²) in [7, 11) is 1.44. The Hall–Kier alpha value is -1.89. The molecule has 3 N–H and O–H groups in total. The van der Waals surface area contributed by atoms with Crippen molar-refractivity contribution in [2.24, 2.45) is 0 Å². The van der Waals surface area contributed by atoms with Crippen molar-refractivity contribution in [3.05, 3.63) is 17.8 Å². The number of carbonyl (C=O) groups is 2. The van der Waals surface area contributed by atoms with E-state index < -0.39 is 18.0 Å². The van der Waals surface area contributed by atoms with E-state index in [-0.39, 0.29) is 0 Å². The lowest BCUT2D eigenvalue weighted by Crippen LogP contribution is -2.47. The summed E-state index contributed by atoms with van der Waals surface area (Å²) in [5, 5.41) is 7.36. The molecule has 1 aromatic heterocycles. The van der Waals surface area contributed by atoms with Crippen LogP contribution in [0.5, 0.6) is 0 Å². The fraction of sp³-hybridized carbons (Fsp3) is 0.500. The zero-order valence-electron chi connectivity index (χ0n) is 10.0. The number of carbonyl (C=O) groups excluding carboxylic acids is 2. The maximum Gasteiger partial charge on any atom is 0.321 e. The molecule has 3 amide bonds. The number of hydrogen-bond acceptors (Lipinski definition) is 5. The van der Waals surface area contributed by atoms with E-state index in [2.05, 4.69) is 20.9 Å². The summed E-state index contributed by atoms with van der Waals surface area (Å²) in [4.78, 5) is 26.3. The van der Waals surface area contributed by atoms with Crippen molar-refractivity contribution in [3.8, 4) is 0 Å². The van der Waals surface area contributed by atoms with E-state index in [1.165, 1.54) is 7.05 Å². The molecule has 0 aliphatic rings. The number of hydrogen-bond donors (Lipinski definition) is 3. The average molecular weight is 240 g/mol. The van der Waals surface area contributed by atoms with E-state index in [1.807, 2.05) is 0 Å². The molecule has 0 saturated carbocycles. The Balaban J connectivity index is 2.36. The molecule has 1 atom stereocenters. The molecule has 7 nitrogen and oxygen atoms in total. The molecule has 1 unspecified atom stereocenters. The highest BCUT2D eigenvalue weighted by Gasteiger charge is 2.15. The van der Waals surface area contributed by atoms with Gasteiger partial charge in [-0.1, -0.05) is 0 Å². The summed E-state index contributed by atoms with van der Waals surface area (Å²) in [5.41, 5.74) is 0. The first kappa shape index (κ1) is 13.2. The van der Waals surface area contributed by atoms with Crippen molar-refractivity contribution in [2.75, 3.05) is 7.05 Å². The molecule has 0 spiro atoms. The molecule has 0 aromatic carbocycles. The zero-order valence-corrected chi connectivity index (χ0v) is 10.0. The molecular weight excluding hydrogens is 224 g/mol. The average Bonchev–Trinajstić information content (AvgIpc) is 2.71. The van der Waals surface area contributed by atoms with Gasteiger partial charge in [-0.05, 0) is 13.8 Å². The lowest BCUT2D eigenvalue weighted by Gasteiger charge is -2.11. The van der Waals surface area contributed by atoms with E-state index in [0.717, 1.165) is 0 Å². The molecular formula is C10H16N4O3. The van der Waals surface area contributed by atoms with Crippen molar-refractivity contribution in [1.82, 2.24) is 20.9 Å². The van der Waals surface area contributed by atoms with Crippen LogP contribution >= 0.6 is 0 Å². The maximum atomic E-state index is 11.5. The summed E-state index contributed by atoms with van der Waals surface area (Å²) in [6, 6.07) is -1.05. The molecule has 1 aromatic rings. The number of nitrogens with one attached hydrogen (secondary N) is 3. The second-order valence-corrected chi connectivity index (χ2v) is 3.54. The Morgan fingerprint density at radius 2 is 2.24 bits per heavy atom. The third-order valence-electron chi connectivity index (χ3n) is 2.09. The van der Waals surface area contributed by atoms with Crippen LogP contribution in [0.15, 0.2) is 10.6 Å². The lowest BCUT2D eigenvalue weighted by molar-refractivity contribution is -0.121. The Morgan fingerprint density at radius 3 is 2.76 bits per heavy atom. The Kier molecular flexibility index (Phi) is 4.65. The van der Waals surface area contributed by atoms with Crippen LogP contribution in [-0.4, -0.2) is 30.0 Å². The molecule has 0 aliphatic heterocycles. The molecule has 1 heterocycles. The minimum absolute atomic E-state index is 0.330. The maximum absolute atomic E-state index is 11.5. The summed E-state index contributed by atoms with van der Waals surface area (Å²) in [5.74, 6) is 0.805. The number of aromatic nitrogens is 1. The summed E-state index contributed by atoms with van der Waals surface area (Å²) in [6.07, 6.45) is 1.60. The second-order valence-electron chi connectivity index (χ2n) is 3.54. The lowest BCUT2D eigenvalue weighted by atomic mass is 10.3. The number of amides is 3. The van der Waals surface area contributed by atoms with Gasteiger partial charge >= 0.3 is 6.03 Å². The summed E-state index contributed by atoms with van der Waals surface area (Å²) < 4.78 is 5.23. The largest absolute Gasteiger partial charge is 0.445 e. The number of nitrogens with zero attached hydrogens (tertiary/aromatic N) is 1. The molecule has 0 radical (unpaired) electrons. The van der Waals surface area contributed by atoms with E-state index in [9.17, 15) is 9.59 Å². The van der Waals surface area contributed by atoms with Crippen LogP contribution in [0.25, 0.3) is 0 Å². The van der Waals surface area contributed by atoms with Gasteiger partial charge < -0.3 is 9.73 Å². The standard InChI is InChI=1S/C10H16N4O3/c1-6-4-13-8(17-6)5-12-7(2)9(15)14-10(16)11-3/h4,7,12H,5H2,1-3H3,(H2,11,14,15,16). The third kappa shape index (κ3) is 4.23. The van der Waals surface area contributed by atoms with Crippen LogP contribution in [0.4, 0.5) is 4.79 Å². The van der Waals surface area contributed by atoms with Crippen LogP contribution in [-0.2, 0) is 11.3 Å². The summed E-state index contributed by atoms with van der Waals surface area (Å²) in [6.45, 7) is 3.77. The molecule has 94 valence electrons. The molecule has 0 saturated heterocycles. The number of aryl methyl sites for hydroxylation is 1. The first-order valence-corrected chi connectivity index (χ1v) is 5.20. The molecule has 0 bridgehead atoms. The first-order chi connectivity index (χ1) is 8.02. The van der Waals surface area contributed by atoms with E-state index >= 15 is 0 Å². The highest BCUT2D eigenvalue weighted by Crippen LogP contribution is 2.01. The van der Waals surface area contributed by atoms with Gasteiger partial charge in [-0.15, -0.1) is 0 Å². The second kappa shape index (κ2) is 6.00. The van der Waals surface area contributed by atoms with Crippen molar-refractivity contribution in [3.63, 3.8) is 0 Å². The van der Waals surface area contributed by atoms with Gasteiger partial charge in [0.1, 0.15) is 5.76 Å². The van der Waals surface area contributed by atoms with Gasteiger partial charge in [-0.25, -0.2) is 9.78 Å². The van der Waals surface area contributed by atoms with E-state index in [0.29, 0.717) is 18.2 Å². The normalized spacial score (nSPS) is 11.9. The SMILES string of the molecule is CNC(=O)NC(=O)C(C)NCc1ncc(C)o1. The third-order valence-corrected chi connectivity index (χ3v) is 2.09. The molecule has 7 heteroatoms. The van der Waals surface area contributed by atoms with E-state index in [4.69, 9.17) is 4.42 Å². The Morgan fingerprint density at radius 1 is 1.53 bits per heavy atom. The van der Waals surface area contributed by atoms with Crippen LogP contribution in [0, 0.1) is 6.92 Å². The van der Waals surface area contributed by atoms with Crippen molar-refractivity contribution < 1.29 is 14.0 Å². The predicted octanol–water partition coefficient (Wildman–Crippen LogP) is -0.0833. The first-order valence-electron chi connectivity index (χ1n) is 5.20. The van der Waals surface area contributed by atoms with Gasteiger partial charge in [-0.2, -0.15) is 0 Å². The minimum atomic E-state index is -0.532. The minimum Gasteiger partial charge on any atom is -0.445 e. The smallest absolute Gasteiger partial charge is 0.321 e. The molecule has 0 fully saturated rings. The van der Waals surface area contributed by atoms with Crippen molar-refractivity contribution in [2.45, 2.75) is 26.4 Å². The number of oxazole rings is 1. The van der Waals surface area contributed by atoms with Crippen LogP contribution < -0.4 is 16.0 Å². The fourth-order valence-electron chi connectivity index (χ4n) is 1.10. The highest BCUT2D eigenvalue weighted by molar-refractivity contribution is 5.96.